The fraction of sp³-hybridized carbons (Fsp3) is 0.615. The Morgan fingerprint density at radius 2 is 1.83 bits per heavy atom. The van der Waals surface area contributed by atoms with E-state index in [9.17, 15) is 4.79 Å². The Balaban J connectivity index is 1.95. The zero-order valence-corrected chi connectivity index (χ0v) is 11.3. The Hall–Kier alpha value is -1.65. The predicted molar refractivity (Wildman–Crippen MR) is 70.3 cm³/mol. The molecule has 5 nitrogen and oxygen atoms in total. The average Bonchev–Trinajstić information content (AvgIpc) is 2.38. The van der Waals surface area contributed by atoms with E-state index in [0.717, 1.165) is 32.0 Å². The molecule has 1 aromatic rings. The minimum atomic E-state index is -0.297. The number of carbonyl (C=O) groups excluding carboxylic acids is 1. The first-order chi connectivity index (χ1) is 8.48. The molecule has 0 N–H and O–H groups in total. The van der Waals surface area contributed by atoms with Gasteiger partial charge >= 0.3 is 0 Å². The summed E-state index contributed by atoms with van der Waals surface area (Å²) in [5, 5.41) is 0. The Bertz CT molecular complexity index is 405. The summed E-state index contributed by atoms with van der Waals surface area (Å²) < 4.78 is 0. The number of hydrogen-bond donors (Lipinski definition) is 0. The molecule has 18 heavy (non-hydrogen) atoms. The van der Waals surface area contributed by atoms with Gasteiger partial charge in [-0.1, -0.05) is 20.8 Å². The first kappa shape index (κ1) is 12.8. The maximum absolute atomic E-state index is 12.1. The largest absolute Gasteiger partial charge is 0.352 e. The highest BCUT2D eigenvalue weighted by atomic mass is 16.2. The van der Waals surface area contributed by atoms with Crippen molar-refractivity contribution in [3.05, 3.63) is 18.6 Å². The van der Waals surface area contributed by atoms with E-state index < -0.39 is 0 Å². The SMILES string of the molecule is CC(C)(C)C(=O)N1CCN(c2cnccn2)CC1. The molecule has 0 unspecified atom stereocenters. The Kier molecular flexibility index (Phi) is 3.50. The van der Waals surface area contributed by atoms with Crippen molar-refractivity contribution in [1.29, 1.82) is 0 Å². The summed E-state index contributed by atoms with van der Waals surface area (Å²) in [6.07, 6.45) is 5.13. The summed E-state index contributed by atoms with van der Waals surface area (Å²) in [6, 6.07) is 0. The van der Waals surface area contributed by atoms with Crippen LogP contribution in [0.5, 0.6) is 0 Å². The lowest BCUT2D eigenvalue weighted by Gasteiger charge is -2.38. The summed E-state index contributed by atoms with van der Waals surface area (Å²) in [4.78, 5) is 24.6. The number of aromatic nitrogens is 2. The number of carbonyl (C=O) groups is 1. The van der Waals surface area contributed by atoms with Gasteiger partial charge in [0.1, 0.15) is 5.82 Å². The molecule has 2 rings (SSSR count). The topological polar surface area (TPSA) is 49.3 Å². The van der Waals surface area contributed by atoms with E-state index in [1.165, 1.54) is 0 Å². The number of amides is 1. The third-order valence-corrected chi connectivity index (χ3v) is 3.08. The zero-order chi connectivity index (χ0) is 13.2. The van der Waals surface area contributed by atoms with Crippen LogP contribution in [-0.2, 0) is 4.79 Å². The Morgan fingerprint density at radius 1 is 1.17 bits per heavy atom. The van der Waals surface area contributed by atoms with Gasteiger partial charge in [-0.2, -0.15) is 0 Å². The second kappa shape index (κ2) is 4.92. The molecule has 0 bridgehead atoms. The van der Waals surface area contributed by atoms with E-state index in [2.05, 4.69) is 14.9 Å². The van der Waals surface area contributed by atoms with Gasteiger partial charge in [0.25, 0.3) is 0 Å². The number of rotatable bonds is 1. The van der Waals surface area contributed by atoms with Crippen LogP contribution in [0.25, 0.3) is 0 Å². The third kappa shape index (κ3) is 2.78. The van der Waals surface area contributed by atoms with Crippen molar-refractivity contribution >= 4 is 11.7 Å². The fourth-order valence-electron chi connectivity index (χ4n) is 2.07. The number of anilines is 1. The molecule has 0 radical (unpaired) electrons. The molecule has 1 aromatic heterocycles. The minimum absolute atomic E-state index is 0.223. The van der Waals surface area contributed by atoms with Crippen LogP contribution in [0.3, 0.4) is 0 Å². The van der Waals surface area contributed by atoms with Gasteiger partial charge < -0.3 is 9.80 Å². The highest BCUT2D eigenvalue weighted by Crippen LogP contribution is 2.19. The third-order valence-electron chi connectivity index (χ3n) is 3.08. The van der Waals surface area contributed by atoms with Crippen LogP contribution in [0, 0.1) is 5.41 Å². The van der Waals surface area contributed by atoms with Crippen LogP contribution >= 0.6 is 0 Å². The highest BCUT2D eigenvalue weighted by molar-refractivity contribution is 5.81. The zero-order valence-electron chi connectivity index (χ0n) is 11.3. The van der Waals surface area contributed by atoms with Crippen LogP contribution < -0.4 is 4.90 Å². The highest BCUT2D eigenvalue weighted by Gasteiger charge is 2.29. The molecule has 98 valence electrons. The van der Waals surface area contributed by atoms with Crippen molar-refractivity contribution in [2.24, 2.45) is 5.41 Å². The van der Waals surface area contributed by atoms with Gasteiger partial charge in [-0.15, -0.1) is 0 Å². The molecule has 1 fully saturated rings. The van der Waals surface area contributed by atoms with Gasteiger partial charge in [-0.25, -0.2) is 4.98 Å². The molecular formula is C13H20N4O. The van der Waals surface area contributed by atoms with Crippen molar-refractivity contribution in [3.63, 3.8) is 0 Å². The van der Waals surface area contributed by atoms with E-state index in [-0.39, 0.29) is 11.3 Å². The number of hydrogen-bond acceptors (Lipinski definition) is 4. The van der Waals surface area contributed by atoms with Gasteiger partial charge in [-0.05, 0) is 0 Å². The lowest BCUT2D eigenvalue weighted by Crippen LogP contribution is -2.51. The molecule has 1 aliphatic heterocycles. The summed E-state index contributed by atoms with van der Waals surface area (Å²) in [7, 11) is 0. The fourth-order valence-corrected chi connectivity index (χ4v) is 2.07. The second-order valence-corrected chi connectivity index (χ2v) is 5.59. The molecular weight excluding hydrogens is 228 g/mol. The molecule has 1 aliphatic rings. The van der Waals surface area contributed by atoms with E-state index in [4.69, 9.17) is 0 Å². The molecule has 2 heterocycles. The van der Waals surface area contributed by atoms with Crippen molar-refractivity contribution in [2.45, 2.75) is 20.8 Å². The maximum Gasteiger partial charge on any atom is 0.228 e. The van der Waals surface area contributed by atoms with Gasteiger partial charge in [0.2, 0.25) is 5.91 Å². The molecule has 0 aromatic carbocycles. The lowest BCUT2D eigenvalue weighted by molar-refractivity contribution is -0.139. The van der Waals surface area contributed by atoms with E-state index in [1.54, 1.807) is 18.6 Å². The van der Waals surface area contributed by atoms with E-state index in [0.29, 0.717) is 0 Å². The monoisotopic (exact) mass is 248 g/mol. The van der Waals surface area contributed by atoms with Gasteiger partial charge in [0, 0.05) is 44.0 Å². The molecule has 0 spiro atoms. The average molecular weight is 248 g/mol. The first-order valence-electron chi connectivity index (χ1n) is 6.29. The second-order valence-electron chi connectivity index (χ2n) is 5.59. The quantitative estimate of drug-likeness (QED) is 0.748. The molecule has 1 saturated heterocycles. The summed E-state index contributed by atoms with van der Waals surface area (Å²) in [5.74, 6) is 1.11. The molecule has 0 atom stereocenters. The lowest BCUT2D eigenvalue weighted by atomic mass is 9.94. The smallest absolute Gasteiger partial charge is 0.228 e. The van der Waals surface area contributed by atoms with Crippen molar-refractivity contribution in [2.75, 3.05) is 31.1 Å². The number of piperazine rings is 1. The van der Waals surface area contributed by atoms with E-state index in [1.807, 2.05) is 25.7 Å². The molecule has 0 aliphatic carbocycles. The van der Waals surface area contributed by atoms with Crippen LogP contribution in [0.4, 0.5) is 5.82 Å². The van der Waals surface area contributed by atoms with Crippen molar-refractivity contribution in [3.8, 4) is 0 Å². The Labute approximate surface area is 108 Å². The predicted octanol–water partition coefficient (Wildman–Crippen LogP) is 1.17. The van der Waals surface area contributed by atoms with Gasteiger partial charge in [0.05, 0.1) is 6.20 Å². The van der Waals surface area contributed by atoms with E-state index >= 15 is 0 Å². The summed E-state index contributed by atoms with van der Waals surface area (Å²) >= 11 is 0. The normalized spacial score (nSPS) is 16.8. The molecule has 0 saturated carbocycles. The summed E-state index contributed by atoms with van der Waals surface area (Å²) in [6.45, 7) is 9.04. The summed E-state index contributed by atoms with van der Waals surface area (Å²) in [5.41, 5.74) is -0.297. The van der Waals surface area contributed by atoms with Crippen molar-refractivity contribution in [1.82, 2.24) is 14.9 Å². The standard InChI is InChI=1S/C13H20N4O/c1-13(2,3)12(18)17-8-6-16(7-9-17)11-10-14-4-5-15-11/h4-5,10H,6-9H2,1-3H3. The van der Waals surface area contributed by atoms with Crippen LogP contribution in [-0.4, -0.2) is 47.0 Å². The van der Waals surface area contributed by atoms with Crippen molar-refractivity contribution < 1.29 is 4.79 Å². The van der Waals surface area contributed by atoms with Crippen LogP contribution in [0.15, 0.2) is 18.6 Å². The number of nitrogens with zero attached hydrogens (tertiary/aromatic N) is 4. The van der Waals surface area contributed by atoms with Crippen LogP contribution in [0.2, 0.25) is 0 Å². The minimum Gasteiger partial charge on any atom is -0.352 e. The molecule has 5 heteroatoms. The molecule has 1 amide bonds. The van der Waals surface area contributed by atoms with Gasteiger partial charge in [-0.3, -0.25) is 9.78 Å². The van der Waals surface area contributed by atoms with Crippen LogP contribution in [0.1, 0.15) is 20.8 Å². The maximum atomic E-state index is 12.1. The Morgan fingerprint density at radius 3 is 2.33 bits per heavy atom. The van der Waals surface area contributed by atoms with Gasteiger partial charge in [0.15, 0.2) is 0 Å². The first-order valence-corrected chi connectivity index (χ1v) is 6.29.